The maximum absolute atomic E-state index is 8.47. The highest BCUT2D eigenvalue weighted by molar-refractivity contribution is 5.11. The minimum atomic E-state index is 0.104. The maximum Gasteiger partial charge on any atom is 0.252 e. The van der Waals surface area contributed by atoms with Crippen LogP contribution in [0.2, 0.25) is 0 Å². The van der Waals surface area contributed by atoms with Gasteiger partial charge in [0.15, 0.2) is 0 Å². The van der Waals surface area contributed by atoms with Crippen LogP contribution < -0.4 is 0 Å². The predicted octanol–water partition coefficient (Wildman–Crippen LogP) is -0.0710. The Morgan fingerprint density at radius 3 is 2.62 bits per heavy atom. The van der Waals surface area contributed by atoms with Crippen molar-refractivity contribution < 1.29 is 0 Å². The van der Waals surface area contributed by atoms with E-state index in [1.807, 2.05) is 6.07 Å². The summed E-state index contributed by atoms with van der Waals surface area (Å²) in [5, 5.41) is 12.3. The zero-order valence-corrected chi connectivity index (χ0v) is 6.49. The molecule has 0 amide bonds. The molecule has 0 bridgehead atoms. The molecule has 0 aliphatic heterocycles. The molecule has 2 aromatic heterocycles. The molecule has 0 aliphatic carbocycles. The molecule has 6 nitrogen and oxygen atoms in total. The van der Waals surface area contributed by atoms with Crippen molar-refractivity contribution in [2.75, 3.05) is 0 Å². The molecule has 2 aromatic rings. The molecule has 0 aromatic carbocycles. The second-order valence-corrected chi connectivity index (χ2v) is 2.17. The van der Waals surface area contributed by atoms with E-state index in [1.165, 1.54) is 11.0 Å². The van der Waals surface area contributed by atoms with Crippen molar-refractivity contribution in [3.8, 4) is 12.0 Å². The summed E-state index contributed by atoms with van der Waals surface area (Å²) in [7, 11) is 0. The summed E-state index contributed by atoms with van der Waals surface area (Å²) in [6.45, 7) is 0. The number of rotatable bonds is 1. The average molecular weight is 172 g/mol. The van der Waals surface area contributed by atoms with Gasteiger partial charge in [0, 0.05) is 12.4 Å². The summed E-state index contributed by atoms with van der Waals surface area (Å²) >= 11 is 0. The summed E-state index contributed by atoms with van der Waals surface area (Å²) in [5.41, 5.74) is 0. The molecule has 0 saturated carbocycles. The summed E-state index contributed by atoms with van der Waals surface area (Å²) in [4.78, 5) is 11.6. The van der Waals surface area contributed by atoms with Gasteiger partial charge >= 0.3 is 0 Å². The minimum Gasteiger partial charge on any atom is -0.220 e. The first-order chi connectivity index (χ1) is 6.40. The fraction of sp³-hybridized carbons (Fsp3) is 0. The van der Waals surface area contributed by atoms with E-state index in [1.54, 1.807) is 18.5 Å². The predicted molar refractivity (Wildman–Crippen MR) is 41.7 cm³/mol. The molecule has 6 heteroatoms. The lowest BCUT2D eigenvalue weighted by molar-refractivity contribution is 0.802. The van der Waals surface area contributed by atoms with Gasteiger partial charge in [-0.25, -0.2) is 15.0 Å². The van der Waals surface area contributed by atoms with Gasteiger partial charge in [-0.2, -0.15) is 9.94 Å². The summed E-state index contributed by atoms with van der Waals surface area (Å²) in [6.07, 6.45) is 4.58. The van der Waals surface area contributed by atoms with Crippen LogP contribution in [0.25, 0.3) is 5.95 Å². The van der Waals surface area contributed by atoms with Crippen LogP contribution in [0, 0.1) is 11.3 Å². The lowest BCUT2D eigenvalue weighted by atomic mass is 10.7. The molecular weight excluding hydrogens is 168 g/mol. The summed E-state index contributed by atoms with van der Waals surface area (Å²) in [6, 6.07) is 3.52. The lowest BCUT2D eigenvalue weighted by Crippen LogP contribution is -2.00. The summed E-state index contributed by atoms with van der Waals surface area (Å²) in [5.74, 6) is 0.504. The largest absolute Gasteiger partial charge is 0.252 e. The molecule has 0 saturated heterocycles. The third kappa shape index (κ3) is 1.35. The van der Waals surface area contributed by atoms with Gasteiger partial charge in [0.05, 0.1) is 0 Å². The van der Waals surface area contributed by atoms with E-state index in [0.29, 0.717) is 5.95 Å². The molecule has 0 aliphatic rings. The highest BCUT2D eigenvalue weighted by Crippen LogP contribution is 1.95. The van der Waals surface area contributed by atoms with Crippen molar-refractivity contribution in [3.63, 3.8) is 0 Å². The Morgan fingerprint density at radius 2 is 2.00 bits per heavy atom. The first kappa shape index (κ1) is 7.36. The van der Waals surface area contributed by atoms with E-state index < -0.39 is 0 Å². The van der Waals surface area contributed by atoms with Gasteiger partial charge < -0.3 is 0 Å². The first-order valence-corrected chi connectivity index (χ1v) is 3.49. The average Bonchev–Trinajstić information content (AvgIpc) is 2.67. The van der Waals surface area contributed by atoms with Crippen LogP contribution in [0.1, 0.15) is 5.82 Å². The normalized spacial score (nSPS) is 9.46. The Bertz CT molecular complexity index is 440. The lowest BCUT2D eigenvalue weighted by Gasteiger charge is -1.93. The second kappa shape index (κ2) is 2.98. The van der Waals surface area contributed by atoms with Crippen LogP contribution >= 0.6 is 0 Å². The number of hydrogen-bond acceptors (Lipinski definition) is 5. The molecule has 13 heavy (non-hydrogen) atoms. The van der Waals surface area contributed by atoms with Crippen molar-refractivity contribution >= 4 is 0 Å². The van der Waals surface area contributed by atoms with E-state index in [2.05, 4.69) is 20.1 Å². The molecule has 0 radical (unpaired) electrons. The van der Waals surface area contributed by atoms with Crippen LogP contribution in [0.3, 0.4) is 0 Å². The highest BCUT2D eigenvalue weighted by atomic mass is 15.4. The van der Waals surface area contributed by atoms with Gasteiger partial charge in [0.25, 0.3) is 11.8 Å². The molecule has 2 rings (SSSR count). The third-order valence-electron chi connectivity index (χ3n) is 1.35. The van der Waals surface area contributed by atoms with Gasteiger partial charge in [-0.15, -0.1) is 5.10 Å². The van der Waals surface area contributed by atoms with Crippen molar-refractivity contribution in [2.45, 2.75) is 0 Å². The number of hydrogen-bond donors (Lipinski definition) is 0. The molecule has 0 unspecified atom stereocenters. The van der Waals surface area contributed by atoms with E-state index in [-0.39, 0.29) is 5.82 Å². The Morgan fingerprint density at radius 1 is 1.23 bits per heavy atom. The van der Waals surface area contributed by atoms with Crippen molar-refractivity contribution in [1.82, 2.24) is 24.7 Å². The molecule has 0 atom stereocenters. The Balaban J connectivity index is 2.43. The standard InChI is InChI=1S/C7H4N6/c8-4-6-11-5-13(12-6)7-9-2-1-3-10-7/h1-3,5H. The van der Waals surface area contributed by atoms with Crippen LogP contribution in [0.5, 0.6) is 0 Å². The van der Waals surface area contributed by atoms with Crippen LogP contribution in [0.4, 0.5) is 0 Å². The molecule has 0 fully saturated rings. The molecule has 62 valence electrons. The SMILES string of the molecule is N#Cc1ncn(-c2ncccn2)n1. The molecule has 0 N–H and O–H groups in total. The maximum atomic E-state index is 8.47. The second-order valence-electron chi connectivity index (χ2n) is 2.17. The number of nitriles is 1. The Labute approximate surface area is 73.5 Å². The Kier molecular flexibility index (Phi) is 1.69. The Hall–Kier alpha value is -2.29. The van der Waals surface area contributed by atoms with E-state index in [0.717, 1.165) is 0 Å². The van der Waals surface area contributed by atoms with Crippen LogP contribution in [-0.2, 0) is 0 Å². The third-order valence-corrected chi connectivity index (χ3v) is 1.35. The zero-order valence-electron chi connectivity index (χ0n) is 6.49. The van der Waals surface area contributed by atoms with Gasteiger partial charge in [-0.1, -0.05) is 0 Å². The van der Waals surface area contributed by atoms with E-state index in [4.69, 9.17) is 5.26 Å². The van der Waals surface area contributed by atoms with Crippen LogP contribution in [0.15, 0.2) is 24.8 Å². The fourth-order valence-corrected chi connectivity index (χ4v) is 0.820. The van der Waals surface area contributed by atoms with Crippen molar-refractivity contribution in [3.05, 3.63) is 30.6 Å². The minimum absolute atomic E-state index is 0.104. The monoisotopic (exact) mass is 172 g/mol. The van der Waals surface area contributed by atoms with Gasteiger partial charge in [0.2, 0.25) is 0 Å². The number of nitrogens with zero attached hydrogens (tertiary/aromatic N) is 6. The molecular formula is C7H4N6. The van der Waals surface area contributed by atoms with Gasteiger partial charge in [-0.05, 0) is 6.07 Å². The topological polar surface area (TPSA) is 80.3 Å². The quantitative estimate of drug-likeness (QED) is 0.601. The number of aromatic nitrogens is 5. The van der Waals surface area contributed by atoms with Crippen molar-refractivity contribution in [1.29, 1.82) is 5.26 Å². The molecule has 2 heterocycles. The van der Waals surface area contributed by atoms with Crippen LogP contribution in [-0.4, -0.2) is 24.7 Å². The van der Waals surface area contributed by atoms with Gasteiger partial charge in [-0.3, -0.25) is 0 Å². The van der Waals surface area contributed by atoms with E-state index in [9.17, 15) is 0 Å². The van der Waals surface area contributed by atoms with Crippen molar-refractivity contribution in [2.24, 2.45) is 0 Å². The fourth-order valence-electron chi connectivity index (χ4n) is 0.820. The van der Waals surface area contributed by atoms with E-state index >= 15 is 0 Å². The summed E-state index contributed by atoms with van der Waals surface area (Å²) < 4.78 is 1.35. The smallest absolute Gasteiger partial charge is 0.220 e. The van der Waals surface area contributed by atoms with Gasteiger partial charge in [0.1, 0.15) is 12.4 Å². The zero-order chi connectivity index (χ0) is 9.10. The molecule has 0 spiro atoms. The highest BCUT2D eigenvalue weighted by Gasteiger charge is 2.01. The first-order valence-electron chi connectivity index (χ1n) is 3.49.